The highest BCUT2D eigenvalue weighted by molar-refractivity contribution is 5.80. The molecule has 0 aliphatic carbocycles. The summed E-state index contributed by atoms with van der Waals surface area (Å²) < 4.78 is 1.91. The van der Waals surface area contributed by atoms with Crippen LogP contribution in [-0.2, 0) is 17.8 Å². The normalized spacial score (nSPS) is 15.1. The summed E-state index contributed by atoms with van der Waals surface area (Å²) in [6.45, 7) is 6.96. The molecule has 24 heavy (non-hydrogen) atoms. The van der Waals surface area contributed by atoms with E-state index in [1.807, 2.05) is 55.4 Å². The molecule has 0 saturated carbocycles. The van der Waals surface area contributed by atoms with Gasteiger partial charge in [0.25, 0.3) is 0 Å². The Morgan fingerprint density at radius 1 is 1.29 bits per heavy atom. The molecule has 0 bridgehead atoms. The van der Waals surface area contributed by atoms with Gasteiger partial charge < -0.3 is 14.4 Å². The number of nitrogens with zero attached hydrogens (tertiary/aromatic N) is 6. The zero-order valence-electron chi connectivity index (χ0n) is 14.9. The summed E-state index contributed by atoms with van der Waals surface area (Å²) in [4.78, 5) is 30.1. The lowest BCUT2D eigenvalue weighted by molar-refractivity contribution is -0.135. The van der Waals surface area contributed by atoms with E-state index in [0.717, 1.165) is 35.1 Å². The third-order valence-corrected chi connectivity index (χ3v) is 4.53. The van der Waals surface area contributed by atoms with Crippen molar-refractivity contribution in [3.63, 3.8) is 0 Å². The Hall–Kier alpha value is -2.44. The van der Waals surface area contributed by atoms with Crippen LogP contribution in [0.2, 0.25) is 0 Å². The van der Waals surface area contributed by atoms with Gasteiger partial charge in [0.1, 0.15) is 23.5 Å². The van der Waals surface area contributed by atoms with Crippen LogP contribution in [0, 0.1) is 13.8 Å². The summed E-state index contributed by atoms with van der Waals surface area (Å²) in [5, 5.41) is 0. The van der Waals surface area contributed by atoms with Gasteiger partial charge in [0.15, 0.2) is 0 Å². The van der Waals surface area contributed by atoms with Crippen LogP contribution in [0.5, 0.6) is 0 Å². The summed E-state index contributed by atoms with van der Waals surface area (Å²) in [5.74, 6) is 2.65. The van der Waals surface area contributed by atoms with E-state index in [2.05, 4.69) is 15.0 Å². The number of hydrogen-bond acceptors (Lipinski definition) is 5. The number of aryl methyl sites for hydroxylation is 2. The van der Waals surface area contributed by atoms with Crippen LogP contribution in [0.3, 0.4) is 0 Å². The minimum atomic E-state index is -0.259. The molecule has 1 unspecified atom stereocenters. The molecule has 0 aromatic carbocycles. The molecule has 1 aliphatic rings. The van der Waals surface area contributed by atoms with E-state index in [0.29, 0.717) is 13.1 Å². The maximum absolute atomic E-state index is 12.9. The van der Waals surface area contributed by atoms with Gasteiger partial charge in [-0.3, -0.25) is 4.79 Å². The number of hydrogen-bond donors (Lipinski definition) is 0. The van der Waals surface area contributed by atoms with Crippen molar-refractivity contribution in [3.05, 3.63) is 35.3 Å². The lowest BCUT2D eigenvalue weighted by Crippen LogP contribution is -2.41. The molecule has 0 spiro atoms. The summed E-state index contributed by atoms with van der Waals surface area (Å²) >= 11 is 0. The van der Waals surface area contributed by atoms with E-state index in [-0.39, 0.29) is 11.9 Å². The summed E-state index contributed by atoms with van der Waals surface area (Å²) in [6, 6.07) is -0.259. The Kier molecular flexibility index (Phi) is 4.26. The van der Waals surface area contributed by atoms with E-state index in [1.165, 1.54) is 0 Å². The molecule has 2 aromatic heterocycles. The zero-order chi connectivity index (χ0) is 17.4. The fourth-order valence-electron chi connectivity index (χ4n) is 3.27. The van der Waals surface area contributed by atoms with Gasteiger partial charge in [-0.15, -0.1) is 0 Å². The molecule has 2 aromatic rings. The Labute approximate surface area is 142 Å². The first kappa shape index (κ1) is 16.4. The average molecular weight is 328 g/mol. The van der Waals surface area contributed by atoms with E-state index >= 15 is 0 Å². The zero-order valence-corrected chi connectivity index (χ0v) is 14.9. The van der Waals surface area contributed by atoms with Crippen molar-refractivity contribution >= 4 is 11.7 Å². The van der Waals surface area contributed by atoms with Crippen LogP contribution >= 0.6 is 0 Å². The monoisotopic (exact) mass is 328 g/mol. The lowest BCUT2D eigenvalue weighted by Gasteiger charge is -2.32. The molecule has 7 heteroatoms. The van der Waals surface area contributed by atoms with E-state index in [4.69, 9.17) is 0 Å². The van der Waals surface area contributed by atoms with Crippen molar-refractivity contribution in [2.24, 2.45) is 0 Å². The Morgan fingerprint density at radius 2 is 2.04 bits per heavy atom. The van der Waals surface area contributed by atoms with Crippen LogP contribution in [-0.4, -0.2) is 51.0 Å². The molecule has 0 saturated heterocycles. The summed E-state index contributed by atoms with van der Waals surface area (Å²) in [6.07, 6.45) is 4.36. The minimum Gasteiger partial charge on any atom is -0.362 e. The number of fused-ring (bicyclic) bond motifs is 1. The van der Waals surface area contributed by atoms with Gasteiger partial charge in [0, 0.05) is 38.6 Å². The molecule has 1 aliphatic heterocycles. The minimum absolute atomic E-state index is 0.101. The Balaban J connectivity index is 1.85. The molecular weight excluding hydrogens is 304 g/mol. The van der Waals surface area contributed by atoms with Crippen LogP contribution < -0.4 is 4.90 Å². The molecule has 0 radical (unpaired) electrons. The van der Waals surface area contributed by atoms with Gasteiger partial charge in [0.05, 0.1) is 12.2 Å². The molecule has 128 valence electrons. The molecule has 7 nitrogen and oxygen atoms in total. The second-order valence-electron chi connectivity index (χ2n) is 6.48. The molecule has 3 rings (SSSR count). The number of amides is 1. The second kappa shape index (κ2) is 6.22. The number of carbonyl (C=O) groups is 1. The van der Waals surface area contributed by atoms with Gasteiger partial charge in [-0.05, 0) is 27.2 Å². The van der Waals surface area contributed by atoms with Crippen molar-refractivity contribution in [1.82, 2.24) is 24.4 Å². The lowest BCUT2D eigenvalue weighted by atomic mass is 10.0. The van der Waals surface area contributed by atoms with E-state index in [9.17, 15) is 4.79 Å². The molecule has 0 fully saturated rings. The highest BCUT2D eigenvalue weighted by Gasteiger charge is 2.29. The standard InChI is InChI=1S/C17H24N6O/c1-11(23-9-7-18-13(23)3)17(24)22-8-6-14-15(10-22)19-12(2)20-16(14)21(4)5/h7,9,11H,6,8,10H2,1-5H3. The Bertz CT molecular complexity index is 766. The Morgan fingerprint density at radius 3 is 2.67 bits per heavy atom. The first-order valence-corrected chi connectivity index (χ1v) is 8.20. The third kappa shape index (κ3) is 2.86. The smallest absolute Gasteiger partial charge is 0.245 e. The van der Waals surface area contributed by atoms with Crippen molar-refractivity contribution < 1.29 is 4.79 Å². The third-order valence-electron chi connectivity index (χ3n) is 4.53. The number of rotatable bonds is 3. The van der Waals surface area contributed by atoms with E-state index in [1.54, 1.807) is 6.20 Å². The molecular formula is C17H24N6O. The number of anilines is 1. The van der Waals surface area contributed by atoms with Gasteiger partial charge in [0.2, 0.25) is 5.91 Å². The molecule has 3 heterocycles. The van der Waals surface area contributed by atoms with Crippen LogP contribution in [0.15, 0.2) is 12.4 Å². The first-order valence-electron chi connectivity index (χ1n) is 8.20. The van der Waals surface area contributed by atoms with Gasteiger partial charge >= 0.3 is 0 Å². The van der Waals surface area contributed by atoms with Crippen molar-refractivity contribution in [1.29, 1.82) is 0 Å². The van der Waals surface area contributed by atoms with E-state index < -0.39 is 0 Å². The summed E-state index contributed by atoms with van der Waals surface area (Å²) in [7, 11) is 3.98. The molecule has 0 N–H and O–H groups in total. The van der Waals surface area contributed by atoms with Crippen molar-refractivity contribution in [2.75, 3.05) is 25.5 Å². The van der Waals surface area contributed by atoms with Crippen LogP contribution in [0.1, 0.15) is 35.9 Å². The first-order chi connectivity index (χ1) is 11.4. The quantitative estimate of drug-likeness (QED) is 0.854. The molecule has 1 atom stereocenters. The van der Waals surface area contributed by atoms with Crippen molar-refractivity contribution in [2.45, 2.75) is 39.8 Å². The number of imidazole rings is 1. The summed E-state index contributed by atoms with van der Waals surface area (Å²) in [5.41, 5.74) is 2.11. The number of aromatic nitrogens is 4. The SMILES string of the molecule is Cc1nc2c(c(N(C)C)n1)CCN(C(=O)C(C)n1ccnc1C)C2. The van der Waals surface area contributed by atoms with Gasteiger partial charge in [-0.1, -0.05) is 0 Å². The topological polar surface area (TPSA) is 67.2 Å². The molecule has 1 amide bonds. The predicted molar refractivity (Wildman–Crippen MR) is 91.9 cm³/mol. The highest BCUT2D eigenvalue weighted by atomic mass is 16.2. The maximum atomic E-state index is 12.9. The highest BCUT2D eigenvalue weighted by Crippen LogP contribution is 2.26. The number of carbonyl (C=O) groups excluding carboxylic acids is 1. The average Bonchev–Trinajstić information content (AvgIpc) is 2.97. The maximum Gasteiger partial charge on any atom is 0.245 e. The largest absolute Gasteiger partial charge is 0.362 e. The van der Waals surface area contributed by atoms with Crippen LogP contribution in [0.4, 0.5) is 5.82 Å². The second-order valence-corrected chi connectivity index (χ2v) is 6.48. The predicted octanol–water partition coefficient (Wildman–Crippen LogP) is 1.50. The van der Waals surface area contributed by atoms with Crippen LogP contribution in [0.25, 0.3) is 0 Å². The van der Waals surface area contributed by atoms with Gasteiger partial charge in [-0.2, -0.15) is 0 Å². The van der Waals surface area contributed by atoms with Crippen molar-refractivity contribution in [3.8, 4) is 0 Å². The fraction of sp³-hybridized carbons (Fsp3) is 0.529. The van der Waals surface area contributed by atoms with Gasteiger partial charge in [-0.25, -0.2) is 15.0 Å². The fourth-order valence-corrected chi connectivity index (χ4v) is 3.27.